The Bertz CT molecular complexity index is 750. The number of hydrazone groups is 1. The number of nitrogens with zero attached hydrogens (tertiary/aromatic N) is 1. The molecule has 22 heavy (non-hydrogen) atoms. The van der Waals surface area contributed by atoms with Crippen LogP contribution in [0.3, 0.4) is 0 Å². The predicted molar refractivity (Wildman–Crippen MR) is 83.5 cm³/mol. The Morgan fingerprint density at radius 1 is 1.36 bits per heavy atom. The molecular weight excluding hydrogens is 354 g/mol. The number of carbonyl (C=O) groups is 1. The molecule has 1 amide bonds. The number of rotatable bonds is 3. The van der Waals surface area contributed by atoms with E-state index in [0.717, 1.165) is 6.07 Å². The zero-order chi connectivity index (χ0) is 16.5. The van der Waals surface area contributed by atoms with Crippen LogP contribution in [0.4, 0.5) is 4.39 Å². The monoisotopic (exact) mass is 366 g/mol. The highest BCUT2D eigenvalue weighted by molar-refractivity contribution is 7.91. The molecule has 1 fully saturated rings. The van der Waals surface area contributed by atoms with Crippen molar-refractivity contribution in [2.24, 2.45) is 11.0 Å². The van der Waals surface area contributed by atoms with E-state index in [1.807, 2.05) is 0 Å². The zero-order valence-electron chi connectivity index (χ0n) is 11.6. The van der Waals surface area contributed by atoms with Crippen LogP contribution in [0.5, 0.6) is 0 Å². The Kier molecular flexibility index (Phi) is 5.09. The molecule has 1 aliphatic heterocycles. The number of benzene rings is 1. The molecular formula is C13H13Cl2FN2O3S. The molecule has 1 atom stereocenters. The van der Waals surface area contributed by atoms with Gasteiger partial charge in [0.25, 0.3) is 0 Å². The average molecular weight is 367 g/mol. The summed E-state index contributed by atoms with van der Waals surface area (Å²) in [5.74, 6) is -1.92. The van der Waals surface area contributed by atoms with Crippen LogP contribution < -0.4 is 5.43 Å². The topological polar surface area (TPSA) is 75.6 Å². The van der Waals surface area contributed by atoms with Crippen LogP contribution in [-0.2, 0) is 14.6 Å². The third-order valence-electron chi connectivity index (χ3n) is 3.34. The van der Waals surface area contributed by atoms with Gasteiger partial charge >= 0.3 is 0 Å². The van der Waals surface area contributed by atoms with E-state index < -0.39 is 27.5 Å². The van der Waals surface area contributed by atoms with E-state index in [0.29, 0.717) is 5.56 Å². The summed E-state index contributed by atoms with van der Waals surface area (Å²) in [6, 6.07) is 2.37. The Morgan fingerprint density at radius 2 is 2.05 bits per heavy atom. The fraction of sp³-hybridized carbons (Fsp3) is 0.385. The van der Waals surface area contributed by atoms with Gasteiger partial charge in [-0.2, -0.15) is 5.10 Å². The lowest BCUT2D eigenvalue weighted by Crippen LogP contribution is -2.28. The first-order valence-electron chi connectivity index (χ1n) is 6.39. The highest BCUT2D eigenvalue weighted by atomic mass is 35.5. The van der Waals surface area contributed by atoms with Gasteiger partial charge in [0, 0.05) is 5.56 Å². The number of carbonyl (C=O) groups excluding carboxylic acids is 1. The maximum Gasteiger partial charge on any atom is 0.244 e. The lowest BCUT2D eigenvalue weighted by atomic mass is 10.1. The van der Waals surface area contributed by atoms with E-state index in [4.69, 9.17) is 23.2 Å². The number of sulfone groups is 1. The molecule has 1 aromatic carbocycles. The van der Waals surface area contributed by atoms with Crippen LogP contribution in [0.2, 0.25) is 10.0 Å². The van der Waals surface area contributed by atoms with Gasteiger partial charge in [-0.1, -0.05) is 23.2 Å². The molecule has 5 nitrogen and oxygen atoms in total. The van der Waals surface area contributed by atoms with Gasteiger partial charge in [0.1, 0.15) is 5.82 Å². The molecule has 1 aromatic rings. The molecule has 9 heteroatoms. The lowest BCUT2D eigenvalue weighted by Gasteiger charge is -2.08. The highest BCUT2D eigenvalue weighted by Gasteiger charge is 2.32. The standard InChI is InChI=1S/C13H13Cl2FN2O3S/c1-7(9-4-12(16)11(15)5-10(9)14)17-18-13(19)8-2-3-22(20,21)6-8/h4-5,8H,2-3,6H2,1H3,(H,18,19)/b17-7-/t8-/m0/s1. The Hall–Kier alpha value is -1.18. The zero-order valence-corrected chi connectivity index (χ0v) is 13.9. The fourth-order valence-corrected chi connectivity index (χ4v) is 4.35. The van der Waals surface area contributed by atoms with Gasteiger partial charge in [-0.25, -0.2) is 18.2 Å². The number of amides is 1. The normalized spacial score (nSPS) is 20.9. The molecule has 0 radical (unpaired) electrons. The van der Waals surface area contributed by atoms with Crippen molar-refractivity contribution in [3.05, 3.63) is 33.6 Å². The molecule has 0 saturated carbocycles. The van der Waals surface area contributed by atoms with Crippen molar-refractivity contribution in [2.45, 2.75) is 13.3 Å². The molecule has 0 bridgehead atoms. The van der Waals surface area contributed by atoms with Gasteiger partial charge in [-0.15, -0.1) is 0 Å². The van der Waals surface area contributed by atoms with Crippen LogP contribution >= 0.6 is 23.2 Å². The summed E-state index contributed by atoms with van der Waals surface area (Å²) in [5.41, 5.74) is 2.87. The van der Waals surface area contributed by atoms with Gasteiger partial charge in [0.2, 0.25) is 5.91 Å². The molecule has 1 N–H and O–H groups in total. The van der Waals surface area contributed by atoms with Crippen molar-refractivity contribution < 1.29 is 17.6 Å². The van der Waals surface area contributed by atoms with Crippen LogP contribution in [0.1, 0.15) is 18.9 Å². The molecule has 1 aliphatic rings. The second kappa shape index (κ2) is 6.52. The quantitative estimate of drug-likeness (QED) is 0.507. The Balaban J connectivity index is 2.10. The van der Waals surface area contributed by atoms with Gasteiger partial charge in [0.05, 0.1) is 33.2 Å². The predicted octanol–water partition coefficient (Wildman–Crippen LogP) is 2.41. The van der Waals surface area contributed by atoms with E-state index in [1.54, 1.807) is 6.92 Å². The highest BCUT2D eigenvalue weighted by Crippen LogP contribution is 2.25. The Labute approximate surface area is 137 Å². The smallest absolute Gasteiger partial charge is 0.244 e. The van der Waals surface area contributed by atoms with Gasteiger partial charge in [-0.05, 0) is 25.5 Å². The molecule has 0 spiro atoms. The molecule has 120 valence electrons. The minimum Gasteiger partial charge on any atom is -0.273 e. The summed E-state index contributed by atoms with van der Waals surface area (Å²) in [7, 11) is -3.14. The third kappa shape index (κ3) is 3.97. The van der Waals surface area contributed by atoms with Crippen molar-refractivity contribution in [2.75, 3.05) is 11.5 Å². The van der Waals surface area contributed by atoms with Crippen LogP contribution in [0.15, 0.2) is 17.2 Å². The second-order valence-corrected chi connectivity index (χ2v) is 8.06. The summed E-state index contributed by atoms with van der Waals surface area (Å²) < 4.78 is 36.1. The first kappa shape index (κ1) is 17.2. The second-order valence-electron chi connectivity index (χ2n) is 5.02. The fourth-order valence-electron chi connectivity index (χ4n) is 2.09. The van der Waals surface area contributed by atoms with E-state index in [-0.39, 0.29) is 33.7 Å². The summed E-state index contributed by atoms with van der Waals surface area (Å²) >= 11 is 11.6. The summed E-state index contributed by atoms with van der Waals surface area (Å²) in [6.45, 7) is 1.54. The van der Waals surface area contributed by atoms with Gasteiger partial charge in [-0.3, -0.25) is 4.79 Å². The molecule has 1 heterocycles. The molecule has 0 aromatic heterocycles. The van der Waals surface area contributed by atoms with Crippen molar-refractivity contribution >= 4 is 44.7 Å². The first-order valence-corrected chi connectivity index (χ1v) is 8.97. The van der Waals surface area contributed by atoms with Crippen molar-refractivity contribution in [1.82, 2.24) is 5.43 Å². The maximum atomic E-state index is 13.4. The molecule has 0 unspecified atom stereocenters. The minimum absolute atomic E-state index is 0.00199. The molecule has 2 rings (SSSR count). The number of hydrogen-bond donors (Lipinski definition) is 1. The SMILES string of the molecule is C/C(=N/NC(=O)[C@H]1CCS(=O)(=O)C1)c1cc(F)c(Cl)cc1Cl. The van der Waals surface area contributed by atoms with Crippen LogP contribution in [0.25, 0.3) is 0 Å². The first-order chi connectivity index (χ1) is 10.2. The van der Waals surface area contributed by atoms with Crippen molar-refractivity contribution in [3.8, 4) is 0 Å². The average Bonchev–Trinajstić information content (AvgIpc) is 2.80. The number of halogens is 3. The summed E-state index contributed by atoms with van der Waals surface area (Å²) in [4.78, 5) is 11.9. The lowest BCUT2D eigenvalue weighted by molar-refractivity contribution is -0.124. The summed E-state index contributed by atoms with van der Waals surface area (Å²) in [6.07, 6.45) is 0.277. The third-order valence-corrected chi connectivity index (χ3v) is 5.71. The Morgan fingerprint density at radius 3 is 2.64 bits per heavy atom. The summed E-state index contributed by atoms with van der Waals surface area (Å²) in [5, 5.41) is 3.94. The molecule has 0 aliphatic carbocycles. The van der Waals surface area contributed by atoms with Crippen molar-refractivity contribution in [3.63, 3.8) is 0 Å². The van der Waals surface area contributed by atoms with Gasteiger partial charge < -0.3 is 0 Å². The van der Waals surface area contributed by atoms with Crippen LogP contribution in [0, 0.1) is 11.7 Å². The van der Waals surface area contributed by atoms with E-state index in [9.17, 15) is 17.6 Å². The van der Waals surface area contributed by atoms with E-state index in [2.05, 4.69) is 10.5 Å². The van der Waals surface area contributed by atoms with E-state index >= 15 is 0 Å². The van der Waals surface area contributed by atoms with Crippen LogP contribution in [-0.4, -0.2) is 31.5 Å². The van der Waals surface area contributed by atoms with Gasteiger partial charge in [0.15, 0.2) is 9.84 Å². The number of hydrogen-bond acceptors (Lipinski definition) is 4. The molecule has 1 saturated heterocycles. The van der Waals surface area contributed by atoms with Crippen molar-refractivity contribution in [1.29, 1.82) is 0 Å². The van der Waals surface area contributed by atoms with E-state index in [1.165, 1.54) is 6.07 Å². The minimum atomic E-state index is -3.14. The maximum absolute atomic E-state index is 13.4. The number of nitrogens with one attached hydrogen (secondary N) is 1. The largest absolute Gasteiger partial charge is 0.273 e.